The molecular weight excluding hydrogens is 384 g/mol. The van der Waals surface area contributed by atoms with E-state index < -0.39 is 0 Å². The number of hydrogen-bond donors (Lipinski definition) is 2. The van der Waals surface area contributed by atoms with Gasteiger partial charge in [0.25, 0.3) is 5.91 Å². The molecule has 3 aromatic carbocycles. The summed E-state index contributed by atoms with van der Waals surface area (Å²) in [7, 11) is 1.66. The molecule has 0 fully saturated rings. The number of thiol groups is 1. The SMILES string of the molecule is COc1cccc(N2CCOc3cc(C(=O)NCc4ccc(S)cc4)ccc32)c1. The third-order valence-corrected chi connectivity index (χ3v) is 5.14. The maximum absolute atomic E-state index is 12.6. The third-order valence-electron chi connectivity index (χ3n) is 4.84. The lowest BCUT2D eigenvalue weighted by atomic mass is 10.1. The van der Waals surface area contributed by atoms with Crippen LogP contribution in [0.2, 0.25) is 0 Å². The highest BCUT2D eigenvalue weighted by molar-refractivity contribution is 7.80. The fraction of sp³-hybridized carbons (Fsp3) is 0.174. The molecule has 4 rings (SSSR count). The quantitative estimate of drug-likeness (QED) is 0.615. The number of carbonyl (C=O) groups excluding carboxylic acids is 1. The van der Waals surface area contributed by atoms with Gasteiger partial charge in [-0.3, -0.25) is 4.79 Å². The maximum atomic E-state index is 12.6. The van der Waals surface area contributed by atoms with E-state index in [1.807, 2.05) is 60.7 Å². The van der Waals surface area contributed by atoms with Crippen LogP contribution in [-0.2, 0) is 6.54 Å². The van der Waals surface area contributed by atoms with Crippen LogP contribution in [0.4, 0.5) is 11.4 Å². The average molecular weight is 407 g/mol. The molecule has 3 aromatic rings. The smallest absolute Gasteiger partial charge is 0.251 e. The first-order chi connectivity index (χ1) is 14.1. The Morgan fingerprint density at radius 3 is 2.76 bits per heavy atom. The largest absolute Gasteiger partial charge is 0.497 e. The van der Waals surface area contributed by atoms with Crippen LogP contribution in [0.1, 0.15) is 15.9 Å². The van der Waals surface area contributed by atoms with E-state index >= 15 is 0 Å². The van der Waals surface area contributed by atoms with Crippen LogP contribution in [0.5, 0.6) is 11.5 Å². The van der Waals surface area contributed by atoms with Gasteiger partial charge in [-0.15, -0.1) is 12.6 Å². The Hall–Kier alpha value is -3.12. The molecule has 0 aliphatic carbocycles. The summed E-state index contributed by atoms with van der Waals surface area (Å²) in [4.78, 5) is 15.7. The number of rotatable bonds is 5. The molecule has 0 aromatic heterocycles. The second kappa shape index (κ2) is 8.49. The zero-order chi connectivity index (χ0) is 20.2. The summed E-state index contributed by atoms with van der Waals surface area (Å²) in [6.45, 7) is 1.74. The zero-order valence-electron chi connectivity index (χ0n) is 16.1. The molecule has 1 aliphatic rings. The normalized spacial score (nSPS) is 12.7. The summed E-state index contributed by atoms with van der Waals surface area (Å²) in [5, 5.41) is 2.95. The molecule has 1 amide bonds. The van der Waals surface area contributed by atoms with Crippen LogP contribution in [0, 0.1) is 0 Å². The van der Waals surface area contributed by atoms with Crippen LogP contribution in [0.25, 0.3) is 0 Å². The Morgan fingerprint density at radius 2 is 1.97 bits per heavy atom. The van der Waals surface area contributed by atoms with Crippen LogP contribution in [-0.4, -0.2) is 26.2 Å². The van der Waals surface area contributed by atoms with Gasteiger partial charge in [-0.05, 0) is 48.0 Å². The van der Waals surface area contributed by atoms with Crippen molar-refractivity contribution < 1.29 is 14.3 Å². The summed E-state index contributed by atoms with van der Waals surface area (Å²) in [6.07, 6.45) is 0. The predicted octanol–water partition coefficient (Wildman–Crippen LogP) is 4.44. The van der Waals surface area contributed by atoms with Crippen LogP contribution in [0.15, 0.2) is 71.6 Å². The minimum atomic E-state index is -0.134. The van der Waals surface area contributed by atoms with Crippen molar-refractivity contribution in [2.24, 2.45) is 0 Å². The standard InChI is InChI=1S/C23H22N2O3S/c1-27-19-4-2-3-18(14-19)25-11-12-28-22-13-17(7-10-21(22)25)23(26)24-15-16-5-8-20(29)9-6-16/h2-10,13-14,29H,11-12,15H2,1H3,(H,24,26). The van der Waals surface area contributed by atoms with Gasteiger partial charge < -0.3 is 19.7 Å². The van der Waals surface area contributed by atoms with E-state index in [4.69, 9.17) is 9.47 Å². The number of ether oxygens (including phenoxy) is 2. The minimum absolute atomic E-state index is 0.134. The van der Waals surface area contributed by atoms with Gasteiger partial charge in [-0.25, -0.2) is 0 Å². The molecule has 0 bridgehead atoms. The number of anilines is 2. The van der Waals surface area contributed by atoms with Crippen molar-refractivity contribution in [2.45, 2.75) is 11.4 Å². The Morgan fingerprint density at radius 1 is 1.14 bits per heavy atom. The Labute approximate surface area is 175 Å². The molecule has 0 saturated carbocycles. The van der Waals surface area contributed by atoms with Gasteiger partial charge in [0, 0.05) is 28.8 Å². The lowest BCUT2D eigenvalue weighted by Crippen LogP contribution is -2.29. The van der Waals surface area contributed by atoms with Gasteiger partial charge >= 0.3 is 0 Å². The number of amides is 1. The fourth-order valence-corrected chi connectivity index (χ4v) is 3.46. The van der Waals surface area contributed by atoms with Gasteiger partial charge in [-0.1, -0.05) is 18.2 Å². The number of fused-ring (bicyclic) bond motifs is 1. The molecule has 0 radical (unpaired) electrons. The van der Waals surface area contributed by atoms with Gasteiger partial charge in [0.05, 0.1) is 19.3 Å². The maximum Gasteiger partial charge on any atom is 0.251 e. The Kier molecular flexibility index (Phi) is 5.62. The molecule has 0 atom stereocenters. The molecule has 1 N–H and O–H groups in total. The lowest BCUT2D eigenvalue weighted by molar-refractivity contribution is 0.0950. The molecular formula is C23H22N2O3S. The average Bonchev–Trinajstić information content (AvgIpc) is 2.77. The van der Waals surface area contributed by atoms with Crippen molar-refractivity contribution in [2.75, 3.05) is 25.2 Å². The highest BCUT2D eigenvalue weighted by Crippen LogP contribution is 2.38. The van der Waals surface area contributed by atoms with E-state index in [1.54, 1.807) is 13.2 Å². The summed E-state index contributed by atoms with van der Waals surface area (Å²) >= 11 is 4.28. The highest BCUT2D eigenvalue weighted by atomic mass is 32.1. The zero-order valence-corrected chi connectivity index (χ0v) is 17.0. The minimum Gasteiger partial charge on any atom is -0.497 e. The molecule has 148 valence electrons. The summed E-state index contributed by atoms with van der Waals surface area (Å²) in [5.41, 5.74) is 3.56. The van der Waals surface area contributed by atoms with Crippen LogP contribution < -0.4 is 19.7 Å². The van der Waals surface area contributed by atoms with Gasteiger partial charge in [0.15, 0.2) is 0 Å². The number of methoxy groups -OCH3 is 1. The molecule has 0 saturated heterocycles. The number of nitrogens with zero attached hydrogens (tertiary/aromatic N) is 1. The number of benzene rings is 3. The molecule has 1 heterocycles. The summed E-state index contributed by atoms with van der Waals surface area (Å²) < 4.78 is 11.2. The lowest BCUT2D eigenvalue weighted by Gasteiger charge is -2.31. The Balaban J connectivity index is 1.51. The topological polar surface area (TPSA) is 50.8 Å². The first-order valence-electron chi connectivity index (χ1n) is 9.38. The number of hydrogen-bond acceptors (Lipinski definition) is 5. The fourth-order valence-electron chi connectivity index (χ4n) is 3.31. The van der Waals surface area contributed by atoms with Gasteiger partial charge in [-0.2, -0.15) is 0 Å². The first-order valence-corrected chi connectivity index (χ1v) is 9.83. The van der Waals surface area contributed by atoms with E-state index in [0.717, 1.165) is 34.1 Å². The molecule has 5 nitrogen and oxygen atoms in total. The predicted molar refractivity (Wildman–Crippen MR) is 117 cm³/mol. The van der Waals surface area contributed by atoms with Crippen molar-refractivity contribution in [3.63, 3.8) is 0 Å². The van der Waals surface area contributed by atoms with Crippen LogP contribution >= 0.6 is 12.6 Å². The van der Waals surface area contributed by atoms with Crippen molar-refractivity contribution in [3.8, 4) is 11.5 Å². The molecule has 1 aliphatic heterocycles. The van der Waals surface area contributed by atoms with E-state index in [9.17, 15) is 4.79 Å². The third kappa shape index (κ3) is 4.32. The number of carbonyl (C=O) groups is 1. The molecule has 6 heteroatoms. The van der Waals surface area contributed by atoms with E-state index in [1.165, 1.54) is 0 Å². The van der Waals surface area contributed by atoms with E-state index in [2.05, 4.69) is 22.8 Å². The monoisotopic (exact) mass is 406 g/mol. The highest BCUT2D eigenvalue weighted by Gasteiger charge is 2.21. The van der Waals surface area contributed by atoms with Gasteiger partial charge in [0.1, 0.15) is 18.1 Å². The molecule has 29 heavy (non-hydrogen) atoms. The van der Waals surface area contributed by atoms with Crippen molar-refractivity contribution in [1.29, 1.82) is 0 Å². The molecule has 0 unspecified atom stereocenters. The van der Waals surface area contributed by atoms with Crippen molar-refractivity contribution in [1.82, 2.24) is 5.32 Å². The van der Waals surface area contributed by atoms with Crippen LogP contribution in [0.3, 0.4) is 0 Å². The molecule has 0 spiro atoms. The number of nitrogens with one attached hydrogen (secondary N) is 1. The summed E-state index contributed by atoms with van der Waals surface area (Å²) in [6, 6.07) is 21.2. The van der Waals surface area contributed by atoms with Crippen molar-refractivity contribution in [3.05, 3.63) is 77.9 Å². The summed E-state index contributed by atoms with van der Waals surface area (Å²) in [5.74, 6) is 1.37. The van der Waals surface area contributed by atoms with E-state index in [0.29, 0.717) is 24.5 Å². The van der Waals surface area contributed by atoms with E-state index in [-0.39, 0.29) is 5.91 Å². The van der Waals surface area contributed by atoms with Crippen molar-refractivity contribution >= 4 is 29.9 Å². The Bertz CT molecular complexity index is 1020. The second-order valence-corrected chi connectivity index (χ2v) is 7.25. The first kappa shape index (κ1) is 19.2. The van der Waals surface area contributed by atoms with Gasteiger partial charge in [0.2, 0.25) is 0 Å². The second-order valence-electron chi connectivity index (χ2n) is 6.73.